The molecule has 0 aromatic carbocycles. The fourth-order valence-electron chi connectivity index (χ4n) is 3.22. The van der Waals surface area contributed by atoms with Crippen molar-refractivity contribution in [3.8, 4) is 0 Å². The van der Waals surface area contributed by atoms with E-state index in [0.29, 0.717) is 12.9 Å². The van der Waals surface area contributed by atoms with E-state index >= 15 is 0 Å². The van der Waals surface area contributed by atoms with Gasteiger partial charge >= 0.3 is 0 Å². The number of rotatable bonds is 2. The van der Waals surface area contributed by atoms with Crippen LogP contribution < -0.4 is 5.32 Å². The first kappa shape index (κ1) is 11.0. The first-order valence-electron chi connectivity index (χ1n) is 6.57. The summed E-state index contributed by atoms with van der Waals surface area (Å²) in [5, 5.41) is 3.64. The molecule has 0 bridgehead atoms. The van der Waals surface area contributed by atoms with Gasteiger partial charge in [-0.05, 0) is 31.7 Å². The van der Waals surface area contributed by atoms with Crippen LogP contribution in [0.1, 0.15) is 19.3 Å². The van der Waals surface area contributed by atoms with Gasteiger partial charge in [0.1, 0.15) is 6.79 Å². The molecule has 4 nitrogen and oxygen atoms in total. The summed E-state index contributed by atoms with van der Waals surface area (Å²) < 4.78 is 10.8. The van der Waals surface area contributed by atoms with Crippen LogP contribution in [0.4, 0.5) is 0 Å². The zero-order valence-corrected chi connectivity index (χ0v) is 9.86. The highest BCUT2D eigenvalue weighted by atomic mass is 16.7. The van der Waals surface area contributed by atoms with E-state index in [1.54, 1.807) is 0 Å². The molecule has 0 amide bonds. The van der Waals surface area contributed by atoms with E-state index in [1.807, 2.05) is 0 Å². The topological polar surface area (TPSA) is 33.7 Å². The smallest absolute Gasteiger partial charge is 0.147 e. The van der Waals surface area contributed by atoms with Crippen LogP contribution in [0.15, 0.2) is 0 Å². The molecule has 3 saturated heterocycles. The van der Waals surface area contributed by atoms with Crippen molar-refractivity contribution >= 4 is 0 Å². The predicted octanol–water partition coefficient (Wildman–Crippen LogP) is 0.433. The summed E-state index contributed by atoms with van der Waals surface area (Å²) >= 11 is 0. The van der Waals surface area contributed by atoms with Crippen molar-refractivity contribution in [2.75, 3.05) is 39.6 Å². The second-order valence-electron chi connectivity index (χ2n) is 5.28. The van der Waals surface area contributed by atoms with E-state index in [-0.39, 0.29) is 0 Å². The molecule has 3 rings (SSSR count). The van der Waals surface area contributed by atoms with Crippen molar-refractivity contribution in [3.05, 3.63) is 0 Å². The SMILES string of the molecule is C1CNC2CN(CC3CCOCO3)CC2C1. The maximum atomic E-state index is 5.61. The van der Waals surface area contributed by atoms with Crippen LogP contribution in [-0.2, 0) is 9.47 Å². The molecule has 0 aromatic heterocycles. The largest absolute Gasteiger partial charge is 0.355 e. The quantitative estimate of drug-likeness (QED) is 0.740. The van der Waals surface area contributed by atoms with Crippen LogP contribution in [0.3, 0.4) is 0 Å². The maximum absolute atomic E-state index is 5.61. The third-order valence-corrected chi connectivity index (χ3v) is 4.11. The van der Waals surface area contributed by atoms with Crippen LogP contribution in [0.5, 0.6) is 0 Å². The summed E-state index contributed by atoms with van der Waals surface area (Å²) in [6.45, 7) is 6.14. The Morgan fingerprint density at radius 2 is 2.25 bits per heavy atom. The molecule has 4 heteroatoms. The average molecular weight is 226 g/mol. The van der Waals surface area contributed by atoms with Crippen molar-refractivity contribution in [1.29, 1.82) is 0 Å². The van der Waals surface area contributed by atoms with Crippen LogP contribution in [-0.4, -0.2) is 56.6 Å². The molecule has 0 saturated carbocycles. The number of piperidine rings is 1. The highest BCUT2D eigenvalue weighted by Crippen LogP contribution is 2.25. The van der Waals surface area contributed by atoms with Crippen LogP contribution >= 0.6 is 0 Å². The number of nitrogens with zero attached hydrogens (tertiary/aromatic N) is 1. The summed E-state index contributed by atoms with van der Waals surface area (Å²) in [5.41, 5.74) is 0. The van der Waals surface area contributed by atoms with Gasteiger partial charge in [0.2, 0.25) is 0 Å². The Balaban J connectivity index is 1.49. The second-order valence-corrected chi connectivity index (χ2v) is 5.28. The summed E-state index contributed by atoms with van der Waals surface area (Å²) in [4.78, 5) is 2.57. The molecule has 16 heavy (non-hydrogen) atoms. The lowest BCUT2D eigenvalue weighted by Gasteiger charge is -2.27. The molecule has 3 aliphatic rings. The number of likely N-dealkylation sites (tertiary alicyclic amines) is 1. The zero-order chi connectivity index (χ0) is 10.8. The van der Waals surface area contributed by atoms with Crippen LogP contribution in [0.25, 0.3) is 0 Å². The standard InChI is InChI=1S/C12H22N2O2/c1-2-10-6-14(8-12(10)13-4-1)7-11-3-5-15-9-16-11/h10-13H,1-9H2. The van der Waals surface area contributed by atoms with Crippen molar-refractivity contribution in [3.63, 3.8) is 0 Å². The summed E-state index contributed by atoms with van der Waals surface area (Å²) in [5.74, 6) is 0.883. The Hall–Kier alpha value is -0.160. The molecule has 3 aliphatic heterocycles. The Kier molecular flexibility index (Phi) is 3.43. The molecule has 0 radical (unpaired) electrons. The number of ether oxygens (including phenoxy) is 2. The lowest BCUT2D eigenvalue weighted by Crippen LogP contribution is -2.41. The van der Waals surface area contributed by atoms with E-state index < -0.39 is 0 Å². The maximum Gasteiger partial charge on any atom is 0.147 e. The molecule has 0 aromatic rings. The lowest BCUT2D eigenvalue weighted by molar-refractivity contribution is -0.143. The first-order valence-corrected chi connectivity index (χ1v) is 6.57. The summed E-state index contributed by atoms with van der Waals surface area (Å²) in [6, 6.07) is 0.744. The predicted molar refractivity (Wildman–Crippen MR) is 61.3 cm³/mol. The van der Waals surface area contributed by atoms with E-state index in [4.69, 9.17) is 9.47 Å². The van der Waals surface area contributed by atoms with Gasteiger partial charge in [-0.2, -0.15) is 0 Å². The Labute approximate surface area is 97.3 Å². The second kappa shape index (κ2) is 5.00. The van der Waals surface area contributed by atoms with Gasteiger partial charge in [0.05, 0.1) is 12.7 Å². The number of fused-ring (bicyclic) bond motifs is 1. The summed E-state index contributed by atoms with van der Waals surface area (Å²) in [7, 11) is 0. The fraction of sp³-hybridized carbons (Fsp3) is 1.00. The molecular formula is C12H22N2O2. The van der Waals surface area contributed by atoms with Crippen molar-refractivity contribution in [2.45, 2.75) is 31.4 Å². The molecule has 3 unspecified atom stereocenters. The lowest BCUT2D eigenvalue weighted by atomic mass is 9.94. The van der Waals surface area contributed by atoms with Gasteiger partial charge < -0.3 is 14.8 Å². The van der Waals surface area contributed by atoms with Crippen molar-refractivity contribution in [1.82, 2.24) is 10.2 Å². The molecule has 3 heterocycles. The van der Waals surface area contributed by atoms with Crippen molar-refractivity contribution < 1.29 is 9.47 Å². The molecule has 92 valence electrons. The van der Waals surface area contributed by atoms with Gasteiger partial charge in [-0.1, -0.05) is 0 Å². The fourth-order valence-corrected chi connectivity index (χ4v) is 3.22. The zero-order valence-electron chi connectivity index (χ0n) is 9.86. The molecular weight excluding hydrogens is 204 g/mol. The minimum Gasteiger partial charge on any atom is -0.355 e. The van der Waals surface area contributed by atoms with Crippen LogP contribution in [0, 0.1) is 5.92 Å². The molecule has 0 spiro atoms. The molecule has 1 N–H and O–H groups in total. The van der Waals surface area contributed by atoms with Crippen molar-refractivity contribution in [2.24, 2.45) is 5.92 Å². The van der Waals surface area contributed by atoms with Gasteiger partial charge in [0.15, 0.2) is 0 Å². The van der Waals surface area contributed by atoms with Gasteiger partial charge in [0, 0.05) is 25.7 Å². The van der Waals surface area contributed by atoms with E-state index in [0.717, 1.165) is 31.5 Å². The van der Waals surface area contributed by atoms with Crippen LogP contribution in [0.2, 0.25) is 0 Å². The number of hydrogen-bond acceptors (Lipinski definition) is 4. The number of nitrogens with one attached hydrogen (secondary N) is 1. The Bertz CT molecular complexity index is 217. The molecule has 3 fully saturated rings. The van der Waals surface area contributed by atoms with Gasteiger partial charge in [-0.15, -0.1) is 0 Å². The summed E-state index contributed by atoms with van der Waals surface area (Å²) in [6.07, 6.45) is 4.21. The highest BCUT2D eigenvalue weighted by molar-refractivity contribution is 4.92. The van der Waals surface area contributed by atoms with E-state index in [9.17, 15) is 0 Å². The monoisotopic (exact) mass is 226 g/mol. The van der Waals surface area contributed by atoms with E-state index in [2.05, 4.69) is 10.2 Å². The normalized spacial score (nSPS) is 40.9. The minimum atomic E-state index is 0.397. The Morgan fingerprint density at radius 1 is 1.25 bits per heavy atom. The van der Waals surface area contributed by atoms with E-state index in [1.165, 1.54) is 32.5 Å². The number of hydrogen-bond donors (Lipinski definition) is 1. The third-order valence-electron chi connectivity index (χ3n) is 4.11. The Morgan fingerprint density at radius 3 is 3.06 bits per heavy atom. The van der Waals surface area contributed by atoms with Gasteiger partial charge in [-0.3, -0.25) is 4.90 Å². The highest BCUT2D eigenvalue weighted by Gasteiger charge is 2.35. The van der Waals surface area contributed by atoms with Gasteiger partial charge in [0.25, 0.3) is 0 Å². The average Bonchev–Trinajstić information content (AvgIpc) is 2.72. The molecule has 0 aliphatic carbocycles. The minimum absolute atomic E-state index is 0.397. The van der Waals surface area contributed by atoms with Gasteiger partial charge in [-0.25, -0.2) is 0 Å². The molecule has 3 atom stereocenters. The third kappa shape index (κ3) is 2.40. The first-order chi connectivity index (χ1) is 7.92.